The number of alkyl halides is 4. The monoisotopic (exact) mass is 441 g/mol. The van der Waals surface area contributed by atoms with Crippen molar-refractivity contribution in [2.45, 2.75) is 51.2 Å². The van der Waals surface area contributed by atoms with Crippen LogP contribution < -0.4 is 5.56 Å². The van der Waals surface area contributed by atoms with Crippen LogP contribution in [0.4, 0.5) is 22.0 Å². The van der Waals surface area contributed by atoms with E-state index in [2.05, 4.69) is 9.97 Å². The number of nitrogens with zero attached hydrogens (tertiary/aromatic N) is 3. The number of benzene rings is 1. The van der Waals surface area contributed by atoms with Gasteiger partial charge in [0.2, 0.25) is 0 Å². The van der Waals surface area contributed by atoms with Crippen LogP contribution in [0.3, 0.4) is 0 Å². The second kappa shape index (κ2) is 9.09. The summed E-state index contributed by atoms with van der Waals surface area (Å²) in [6.45, 7) is 1.71. The highest BCUT2D eigenvalue weighted by atomic mass is 19.4. The lowest BCUT2D eigenvalue weighted by Crippen LogP contribution is -2.30. The lowest BCUT2D eigenvalue weighted by atomic mass is 10.1. The van der Waals surface area contributed by atoms with Gasteiger partial charge in [0.25, 0.3) is 5.56 Å². The Balaban J connectivity index is 1.90. The minimum Gasteiger partial charge on any atom is -0.383 e. The van der Waals surface area contributed by atoms with Crippen molar-refractivity contribution >= 4 is 10.8 Å². The third kappa shape index (κ3) is 5.25. The molecule has 0 saturated heterocycles. The molecule has 2 aromatic heterocycles. The Morgan fingerprint density at radius 2 is 1.87 bits per heavy atom. The first-order valence-electron chi connectivity index (χ1n) is 9.63. The Morgan fingerprint density at radius 3 is 2.48 bits per heavy atom. The van der Waals surface area contributed by atoms with Gasteiger partial charge in [0.05, 0.1) is 17.5 Å². The molecule has 0 aliphatic heterocycles. The van der Waals surface area contributed by atoms with Gasteiger partial charge in [-0.05, 0) is 35.6 Å². The van der Waals surface area contributed by atoms with Crippen molar-refractivity contribution < 1.29 is 27.1 Å². The normalized spacial score (nSPS) is 14.0. The van der Waals surface area contributed by atoms with Crippen molar-refractivity contribution in [2.24, 2.45) is 0 Å². The molecule has 3 aromatic rings. The van der Waals surface area contributed by atoms with Gasteiger partial charge in [0.1, 0.15) is 12.0 Å². The molecule has 0 aliphatic carbocycles. The molecular formula is C21H20F5N3O2. The Morgan fingerprint density at radius 1 is 1.19 bits per heavy atom. The number of aliphatic hydroxyl groups is 1. The fraction of sp³-hybridized carbons (Fsp3) is 0.381. The summed E-state index contributed by atoms with van der Waals surface area (Å²) in [6, 6.07) is 3.92. The molecule has 0 saturated carbocycles. The smallest absolute Gasteiger partial charge is 0.383 e. The molecule has 10 heteroatoms. The highest BCUT2D eigenvalue weighted by Gasteiger charge is 2.38. The van der Waals surface area contributed by atoms with E-state index < -0.39 is 36.2 Å². The molecule has 5 nitrogen and oxygen atoms in total. The van der Waals surface area contributed by atoms with Crippen LogP contribution in [-0.4, -0.2) is 38.1 Å². The van der Waals surface area contributed by atoms with Crippen molar-refractivity contribution in [2.75, 3.05) is 0 Å². The van der Waals surface area contributed by atoms with Gasteiger partial charge < -0.3 is 9.67 Å². The summed E-state index contributed by atoms with van der Waals surface area (Å²) in [7, 11) is 0. The Labute approximate surface area is 174 Å². The van der Waals surface area contributed by atoms with Gasteiger partial charge in [-0.25, -0.2) is 18.7 Å². The summed E-state index contributed by atoms with van der Waals surface area (Å²) in [5.74, 6) is -0.878. The molecule has 0 amide bonds. The third-order valence-corrected chi connectivity index (χ3v) is 4.81. The predicted octanol–water partition coefficient (Wildman–Crippen LogP) is 4.20. The van der Waals surface area contributed by atoms with E-state index in [-0.39, 0.29) is 28.9 Å². The molecule has 166 valence electrons. The number of aromatic nitrogens is 3. The predicted molar refractivity (Wildman–Crippen MR) is 105 cm³/mol. The minimum absolute atomic E-state index is 0.0329. The maximum atomic E-state index is 14.7. The van der Waals surface area contributed by atoms with Crippen LogP contribution in [0.2, 0.25) is 0 Å². The third-order valence-electron chi connectivity index (χ3n) is 4.81. The van der Waals surface area contributed by atoms with Crippen LogP contribution in [0.15, 0.2) is 41.6 Å². The van der Waals surface area contributed by atoms with Crippen molar-refractivity contribution in [3.63, 3.8) is 0 Å². The van der Waals surface area contributed by atoms with E-state index in [1.807, 2.05) is 6.92 Å². The summed E-state index contributed by atoms with van der Waals surface area (Å²) >= 11 is 0. The molecule has 31 heavy (non-hydrogen) atoms. The molecule has 1 N–H and O–H groups in total. The van der Waals surface area contributed by atoms with Gasteiger partial charge >= 0.3 is 6.18 Å². The highest BCUT2D eigenvalue weighted by molar-refractivity contribution is 5.85. The first-order valence-corrected chi connectivity index (χ1v) is 9.63. The average molecular weight is 441 g/mol. The summed E-state index contributed by atoms with van der Waals surface area (Å²) in [5, 5.41) is 9.58. The van der Waals surface area contributed by atoms with Gasteiger partial charge in [-0.15, -0.1) is 0 Å². The quantitative estimate of drug-likeness (QED) is 0.558. The largest absolute Gasteiger partial charge is 0.414 e. The molecule has 0 fully saturated rings. The van der Waals surface area contributed by atoms with E-state index in [0.717, 1.165) is 18.5 Å². The minimum atomic E-state index is -4.77. The van der Waals surface area contributed by atoms with E-state index in [1.54, 1.807) is 6.07 Å². The van der Waals surface area contributed by atoms with Gasteiger partial charge in [-0.1, -0.05) is 13.3 Å². The second-order valence-corrected chi connectivity index (χ2v) is 7.25. The Hall–Kier alpha value is -2.88. The Bertz CT molecular complexity index is 1110. The lowest BCUT2D eigenvalue weighted by Gasteiger charge is -2.14. The SMILES string of the molecule is CCCC(F)Cn1ccc2cc(-c3ncc(CC(O)C(F)(F)F)cn3)c(F)cc2c1=O. The first kappa shape index (κ1) is 22.8. The van der Waals surface area contributed by atoms with Gasteiger partial charge in [0.15, 0.2) is 11.9 Å². The van der Waals surface area contributed by atoms with Crippen LogP contribution >= 0.6 is 0 Å². The zero-order valence-corrected chi connectivity index (χ0v) is 16.5. The van der Waals surface area contributed by atoms with Crippen LogP contribution in [-0.2, 0) is 13.0 Å². The standard InChI is InChI=1S/C21H20F5N3O2/c1-2-3-14(22)11-29-5-4-13-7-16(17(23)8-15(13)20(29)31)19-27-9-12(10-28-19)6-18(30)21(24,25)26/h4-5,7-10,14,18,30H,2-3,6,11H2,1H3. The van der Waals surface area contributed by atoms with Gasteiger partial charge in [-0.3, -0.25) is 4.79 Å². The number of aliphatic hydroxyl groups excluding tert-OH is 1. The molecule has 0 bridgehead atoms. The molecule has 2 atom stereocenters. The summed E-state index contributed by atoms with van der Waals surface area (Å²) in [6.07, 6.45) is -4.71. The van der Waals surface area contributed by atoms with Crippen molar-refractivity contribution in [1.82, 2.24) is 14.5 Å². The highest BCUT2D eigenvalue weighted by Crippen LogP contribution is 2.26. The molecular weight excluding hydrogens is 421 g/mol. The average Bonchev–Trinajstić information content (AvgIpc) is 2.70. The number of halogens is 5. The first-order chi connectivity index (χ1) is 14.6. The molecule has 2 unspecified atom stereocenters. The number of hydrogen-bond donors (Lipinski definition) is 1. The fourth-order valence-corrected chi connectivity index (χ4v) is 3.18. The van der Waals surface area contributed by atoms with Gasteiger partial charge in [-0.2, -0.15) is 13.2 Å². The van der Waals surface area contributed by atoms with E-state index >= 15 is 0 Å². The van der Waals surface area contributed by atoms with Crippen LogP contribution in [0, 0.1) is 5.82 Å². The van der Waals surface area contributed by atoms with Crippen molar-refractivity contribution in [3.05, 3.63) is 58.5 Å². The molecule has 1 aromatic carbocycles. The van der Waals surface area contributed by atoms with E-state index in [1.165, 1.54) is 16.8 Å². The Kier molecular flexibility index (Phi) is 6.68. The topological polar surface area (TPSA) is 68.0 Å². The fourth-order valence-electron chi connectivity index (χ4n) is 3.18. The zero-order valence-electron chi connectivity index (χ0n) is 16.5. The number of rotatable bonds is 7. The van der Waals surface area contributed by atoms with E-state index in [4.69, 9.17) is 5.11 Å². The zero-order chi connectivity index (χ0) is 22.8. The molecule has 0 spiro atoms. The van der Waals surface area contributed by atoms with Crippen molar-refractivity contribution in [1.29, 1.82) is 0 Å². The van der Waals surface area contributed by atoms with Crippen LogP contribution in [0.5, 0.6) is 0 Å². The number of hydrogen-bond acceptors (Lipinski definition) is 4. The van der Waals surface area contributed by atoms with E-state index in [0.29, 0.717) is 18.2 Å². The number of fused-ring (bicyclic) bond motifs is 1. The molecule has 3 rings (SSSR count). The second-order valence-electron chi connectivity index (χ2n) is 7.25. The molecule has 0 aliphatic rings. The maximum absolute atomic E-state index is 14.7. The van der Waals surface area contributed by atoms with Crippen LogP contribution in [0.1, 0.15) is 25.3 Å². The maximum Gasteiger partial charge on any atom is 0.414 e. The van der Waals surface area contributed by atoms with Crippen molar-refractivity contribution in [3.8, 4) is 11.4 Å². The van der Waals surface area contributed by atoms with Gasteiger partial charge in [0, 0.05) is 25.0 Å². The number of pyridine rings is 1. The lowest BCUT2D eigenvalue weighted by molar-refractivity contribution is -0.203. The molecule has 2 heterocycles. The van der Waals surface area contributed by atoms with E-state index in [9.17, 15) is 26.7 Å². The summed E-state index contributed by atoms with van der Waals surface area (Å²) in [5.41, 5.74) is -0.536. The van der Waals surface area contributed by atoms with Crippen LogP contribution in [0.25, 0.3) is 22.2 Å². The summed E-state index contributed by atoms with van der Waals surface area (Å²) < 4.78 is 67.1. The molecule has 0 radical (unpaired) electrons. The summed E-state index contributed by atoms with van der Waals surface area (Å²) in [4.78, 5) is 20.4.